The third kappa shape index (κ3) is 7.25. The van der Waals surface area contributed by atoms with Gasteiger partial charge in [0.2, 0.25) is 5.91 Å². The molecule has 12 heteroatoms. The second-order valence-electron chi connectivity index (χ2n) is 12.4. The van der Waals surface area contributed by atoms with Crippen molar-refractivity contribution in [1.82, 2.24) is 15.5 Å². The summed E-state index contributed by atoms with van der Waals surface area (Å²) < 4.78 is 28.0. The molecule has 0 bridgehead atoms. The van der Waals surface area contributed by atoms with Gasteiger partial charge in [0, 0.05) is 6.54 Å². The number of aliphatic hydroxyl groups excluding tert-OH is 1. The van der Waals surface area contributed by atoms with E-state index in [9.17, 15) is 19.5 Å². The molecule has 0 saturated carbocycles. The van der Waals surface area contributed by atoms with Crippen LogP contribution in [0.5, 0.6) is 5.75 Å². The maximum Gasteiger partial charge on any atom is 0.407 e. The third-order valence-electron chi connectivity index (χ3n) is 8.93. The molecule has 3 aliphatic heterocycles. The number of nitrogens with one attached hydrogen (secondary N) is 2. The summed E-state index contributed by atoms with van der Waals surface area (Å²) in [7, 11) is 1.54. The van der Waals surface area contributed by atoms with Gasteiger partial charge in [-0.1, -0.05) is 30.3 Å². The fraction of sp³-hybridized carbons (Fsp3) is 0.545. The van der Waals surface area contributed by atoms with Crippen molar-refractivity contribution >= 4 is 17.9 Å². The number of benzene rings is 2. The monoisotopic (exact) mass is 625 g/mol. The fourth-order valence-corrected chi connectivity index (χ4v) is 6.32. The van der Waals surface area contributed by atoms with Crippen LogP contribution >= 0.6 is 0 Å². The molecule has 0 aliphatic carbocycles. The topological polar surface area (TPSA) is 145 Å². The van der Waals surface area contributed by atoms with Crippen LogP contribution in [0.25, 0.3) is 0 Å². The van der Waals surface area contributed by atoms with Gasteiger partial charge in [0.1, 0.15) is 24.6 Å². The summed E-state index contributed by atoms with van der Waals surface area (Å²) in [6.07, 6.45) is -2.65. The average molecular weight is 626 g/mol. The minimum atomic E-state index is -1.72. The number of carbonyl (C=O) groups is 3. The molecule has 0 unspecified atom stereocenters. The molecule has 0 aromatic heterocycles. The van der Waals surface area contributed by atoms with Crippen molar-refractivity contribution in [2.24, 2.45) is 5.92 Å². The highest BCUT2D eigenvalue weighted by molar-refractivity contribution is 5.91. The molecule has 2 aromatic carbocycles. The van der Waals surface area contributed by atoms with E-state index in [0.717, 1.165) is 16.7 Å². The van der Waals surface area contributed by atoms with Gasteiger partial charge in [0.15, 0.2) is 12.4 Å². The van der Waals surface area contributed by atoms with Gasteiger partial charge in [-0.05, 0) is 74.9 Å². The van der Waals surface area contributed by atoms with Crippen molar-refractivity contribution in [2.45, 2.75) is 83.3 Å². The summed E-state index contributed by atoms with van der Waals surface area (Å²) in [6, 6.07) is 10.9. The second-order valence-corrected chi connectivity index (χ2v) is 12.4. The summed E-state index contributed by atoms with van der Waals surface area (Å²) in [6.45, 7) is 8.19. The molecule has 45 heavy (non-hydrogen) atoms. The Kier molecular flexibility index (Phi) is 9.97. The molecule has 3 fully saturated rings. The summed E-state index contributed by atoms with van der Waals surface area (Å²) in [4.78, 5) is 41.9. The zero-order valence-corrected chi connectivity index (χ0v) is 26.4. The maximum atomic E-state index is 13.9. The molecule has 6 atom stereocenters. The number of amides is 3. The van der Waals surface area contributed by atoms with Gasteiger partial charge in [-0.2, -0.15) is 0 Å². The summed E-state index contributed by atoms with van der Waals surface area (Å²) >= 11 is 0. The standard InChI is InChI=1S/C33H43N3O9/c1-19-8-6-9-20(2)24(19)16-34-29(38)28-33(3,4)44-18-36(28)30(39)27(37)25(15-21-10-7-11-22(14-21)41-5)35-32(40)45-26-17-43-31-23(26)12-13-42-31/h6-11,14,23,25-28,31,37H,12-13,15-18H2,1-5H3,(H,34,38)(H,35,40)/t23-,25-,26-,27-,28-,31+/m0/s1. The highest BCUT2D eigenvalue weighted by Gasteiger charge is 2.50. The Balaban J connectivity index is 1.32. The zero-order chi connectivity index (χ0) is 32.3. The highest BCUT2D eigenvalue weighted by Crippen LogP contribution is 2.33. The molecule has 0 radical (unpaired) electrons. The molecular weight excluding hydrogens is 582 g/mol. The Morgan fingerprint density at radius 1 is 1.11 bits per heavy atom. The first-order valence-electron chi connectivity index (χ1n) is 15.3. The van der Waals surface area contributed by atoms with E-state index < -0.39 is 54.1 Å². The SMILES string of the molecule is COc1cccc(C[C@H](NC(=O)O[C@H]2CO[C@H]3OCC[C@H]32)[C@H](O)C(=O)N2COC(C)(C)[C@@H]2C(=O)NCc2c(C)cccc2C)c1. The number of methoxy groups -OCH3 is 1. The third-order valence-corrected chi connectivity index (χ3v) is 8.93. The molecule has 3 heterocycles. The van der Waals surface area contributed by atoms with Crippen LogP contribution in [0.3, 0.4) is 0 Å². The fourth-order valence-electron chi connectivity index (χ4n) is 6.32. The summed E-state index contributed by atoms with van der Waals surface area (Å²) in [5, 5.41) is 17.2. The zero-order valence-electron chi connectivity index (χ0n) is 26.4. The van der Waals surface area contributed by atoms with E-state index in [4.69, 9.17) is 23.7 Å². The molecular formula is C33H43N3O9. The van der Waals surface area contributed by atoms with Crippen LogP contribution in [0.15, 0.2) is 42.5 Å². The van der Waals surface area contributed by atoms with Crippen molar-refractivity contribution in [3.05, 3.63) is 64.7 Å². The van der Waals surface area contributed by atoms with E-state index in [1.807, 2.05) is 32.0 Å². The van der Waals surface area contributed by atoms with Gasteiger partial charge >= 0.3 is 6.09 Å². The predicted octanol–water partition coefficient (Wildman–Crippen LogP) is 2.35. The number of nitrogens with zero attached hydrogens (tertiary/aromatic N) is 1. The molecule has 3 amide bonds. The van der Waals surface area contributed by atoms with Gasteiger partial charge in [-0.15, -0.1) is 0 Å². The van der Waals surface area contributed by atoms with Crippen LogP contribution in [0.4, 0.5) is 4.79 Å². The number of hydrogen-bond donors (Lipinski definition) is 3. The van der Waals surface area contributed by atoms with Crippen LogP contribution < -0.4 is 15.4 Å². The minimum absolute atomic E-state index is 0.0779. The molecule has 3 aliphatic rings. The normalized spacial score (nSPS) is 24.9. The molecule has 2 aromatic rings. The van der Waals surface area contributed by atoms with Crippen LogP contribution in [-0.2, 0) is 41.5 Å². The van der Waals surface area contributed by atoms with Crippen LogP contribution in [0.2, 0.25) is 0 Å². The summed E-state index contributed by atoms with van der Waals surface area (Å²) in [5.41, 5.74) is 2.75. The molecule has 0 spiro atoms. The Labute approximate surface area is 263 Å². The van der Waals surface area contributed by atoms with Crippen molar-refractivity contribution in [2.75, 3.05) is 27.1 Å². The van der Waals surface area contributed by atoms with Crippen molar-refractivity contribution < 1.29 is 43.2 Å². The molecule has 5 rings (SSSR count). The van der Waals surface area contributed by atoms with Gasteiger partial charge in [-0.25, -0.2) is 4.79 Å². The number of carbonyl (C=O) groups excluding carboxylic acids is 3. The van der Waals surface area contributed by atoms with Crippen LogP contribution in [0, 0.1) is 19.8 Å². The van der Waals surface area contributed by atoms with E-state index in [2.05, 4.69) is 10.6 Å². The van der Waals surface area contributed by atoms with E-state index in [1.165, 1.54) is 12.0 Å². The number of fused-ring (bicyclic) bond motifs is 1. The van der Waals surface area contributed by atoms with Crippen molar-refractivity contribution in [3.8, 4) is 5.75 Å². The minimum Gasteiger partial charge on any atom is -0.497 e. The number of aryl methyl sites for hydroxylation is 2. The maximum absolute atomic E-state index is 13.9. The Morgan fingerprint density at radius 3 is 2.58 bits per heavy atom. The lowest BCUT2D eigenvalue weighted by Crippen LogP contribution is -2.59. The molecule has 3 N–H and O–H groups in total. The highest BCUT2D eigenvalue weighted by atomic mass is 16.7. The van der Waals surface area contributed by atoms with Crippen LogP contribution in [-0.4, -0.2) is 91.2 Å². The number of hydrogen-bond acceptors (Lipinski definition) is 9. The number of ether oxygens (including phenoxy) is 5. The first-order valence-corrected chi connectivity index (χ1v) is 15.3. The molecule has 244 valence electrons. The molecule has 12 nitrogen and oxygen atoms in total. The Bertz CT molecular complexity index is 1380. The first kappa shape index (κ1) is 32.7. The predicted molar refractivity (Wildman–Crippen MR) is 162 cm³/mol. The lowest BCUT2D eigenvalue weighted by Gasteiger charge is -2.32. The smallest absolute Gasteiger partial charge is 0.407 e. The van der Waals surface area contributed by atoms with E-state index in [1.54, 1.807) is 38.1 Å². The number of rotatable bonds is 10. The number of alkyl carbamates (subject to hydrolysis) is 1. The van der Waals surface area contributed by atoms with Gasteiger partial charge in [0.05, 0.1) is 37.9 Å². The summed E-state index contributed by atoms with van der Waals surface area (Å²) in [5.74, 6) is -0.660. The second kappa shape index (κ2) is 13.7. The number of aliphatic hydroxyl groups is 1. The van der Waals surface area contributed by atoms with E-state index in [0.29, 0.717) is 24.3 Å². The van der Waals surface area contributed by atoms with Crippen molar-refractivity contribution in [3.63, 3.8) is 0 Å². The average Bonchev–Trinajstić information content (AvgIpc) is 3.71. The Hall–Kier alpha value is -3.71. The van der Waals surface area contributed by atoms with E-state index >= 15 is 0 Å². The first-order chi connectivity index (χ1) is 21.5. The largest absolute Gasteiger partial charge is 0.497 e. The Morgan fingerprint density at radius 2 is 1.84 bits per heavy atom. The lowest BCUT2D eigenvalue weighted by atomic mass is 9.95. The van der Waals surface area contributed by atoms with Gasteiger partial charge in [0.25, 0.3) is 5.91 Å². The lowest BCUT2D eigenvalue weighted by molar-refractivity contribution is -0.147. The molecule has 3 saturated heterocycles. The van der Waals surface area contributed by atoms with E-state index in [-0.39, 0.29) is 32.2 Å². The van der Waals surface area contributed by atoms with Gasteiger partial charge in [-0.3, -0.25) is 9.59 Å². The van der Waals surface area contributed by atoms with Crippen LogP contribution in [0.1, 0.15) is 42.5 Å². The van der Waals surface area contributed by atoms with Gasteiger partial charge < -0.3 is 44.3 Å². The quantitative estimate of drug-likeness (QED) is 0.362. The van der Waals surface area contributed by atoms with Crippen molar-refractivity contribution in [1.29, 1.82) is 0 Å².